The van der Waals surface area contributed by atoms with Crippen molar-refractivity contribution < 1.29 is 26.4 Å². The Hall–Kier alpha value is -1.36. The summed E-state index contributed by atoms with van der Waals surface area (Å²) in [6.07, 6.45) is -4.51. The lowest BCUT2D eigenvalue weighted by molar-refractivity contribution is -0.123. The minimum absolute atomic E-state index is 0. The summed E-state index contributed by atoms with van der Waals surface area (Å²) < 4.78 is 62.7. The van der Waals surface area contributed by atoms with Crippen LogP contribution in [-0.2, 0) is 10.0 Å². The van der Waals surface area contributed by atoms with Crippen molar-refractivity contribution in [3.8, 4) is 0 Å². The maximum atomic E-state index is 12.1. The van der Waals surface area contributed by atoms with Crippen molar-refractivity contribution in [2.45, 2.75) is 31.0 Å². The molecule has 6 nitrogen and oxygen atoms in total. The van der Waals surface area contributed by atoms with Gasteiger partial charge in [0.05, 0.1) is 4.90 Å². The summed E-state index contributed by atoms with van der Waals surface area (Å²) in [5.74, 6) is -0.926. The van der Waals surface area contributed by atoms with Crippen LogP contribution in [0.25, 0.3) is 0 Å². The fourth-order valence-electron chi connectivity index (χ4n) is 1.81. The smallest absolute Gasteiger partial charge is 0.343 e. The number of carbonyl (C=O) groups excluding carboxylic acids is 1. The fourth-order valence-corrected chi connectivity index (χ4v) is 2.94. The van der Waals surface area contributed by atoms with Crippen LogP contribution in [0.15, 0.2) is 29.2 Å². The van der Waals surface area contributed by atoms with Crippen LogP contribution in [0, 0.1) is 0 Å². The Balaban J connectivity index is 0.00000576. The highest BCUT2D eigenvalue weighted by Crippen LogP contribution is 2.14. The number of benzene rings is 1. The van der Waals surface area contributed by atoms with E-state index in [4.69, 9.17) is 0 Å². The van der Waals surface area contributed by atoms with Gasteiger partial charge in [-0.3, -0.25) is 4.79 Å². The van der Waals surface area contributed by atoms with Crippen molar-refractivity contribution in [2.75, 3.05) is 19.6 Å². The van der Waals surface area contributed by atoms with Crippen LogP contribution < -0.4 is 15.4 Å². The largest absolute Gasteiger partial charge is 0.405 e. The van der Waals surface area contributed by atoms with Gasteiger partial charge in [0.25, 0.3) is 5.91 Å². The first-order valence-corrected chi connectivity index (χ1v) is 8.71. The number of rotatable bonds is 8. The van der Waals surface area contributed by atoms with E-state index in [2.05, 4.69) is 10.0 Å². The van der Waals surface area contributed by atoms with Crippen molar-refractivity contribution in [3.63, 3.8) is 0 Å². The molecule has 0 heterocycles. The van der Waals surface area contributed by atoms with Gasteiger partial charge in [0.15, 0.2) is 0 Å². The first kappa shape index (κ1) is 23.6. The zero-order valence-electron chi connectivity index (χ0n) is 13.7. The number of hydrogen-bond donors (Lipinski definition) is 3. The molecule has 1 amide bonds. The van der Waals surface area contributed by atoms with E-state index in [1.807, 2.05) is 13.8 Å². The number of nitrogens with one attached hydrogen (secondary N) is 3. The second-order valence-electron chi connectivity index (χ2n) is 5.13. The van der Waals surface area contributed by atoms with Crippen LogP contribution in [-0.4, -0.2) is 46.2 Å². The third-order valence-corrected chi connectivity index (χ3v) is 4.45. The molecule has 1 atom stereocenters. The molecule has 25 heavy (non-hydrogen) atoms. The van der Waals surface area contributed by atoms with Gasteiger partial charge in [-0.2, -0.15) is 13.2 Å². The summed E-state index contributed by atoms with van der Waals surface area (Å²) in [5, 5.41) is 4.76. The van der Waals surface area contributed by atoms with Gasteiger partial charge >= 0.3 is 6.18 Å². The number of sulfonamides is 1. The van der Waals surface area contributed by atoms with Crippen LogP contribution in [0.3, 0.4) is 0 Å². The summed E-state index contributed by atoms with van der Waals surface area (Å²) in [6.45, 7) is 3.15. The highest BCUT2D eigenvalue weighted by molar-refractivity contribution is 7.89. The van der Waals surface area contributed by atoms with E-state index in [-0.39, 0.29) is 35.5 Å². The van der Waals surface area contributed by atoms with Crippen LogP contribution in [0.1, 0.15) is 24.2 Å². The summed E-state index contributed by atoms with van der Waals surface area (Å²) in [6, 6.07) is 4.60. The van der Waals surface area contributed by atoms with E-state index in [1.165, 1.54) is 12.1 Å². The average Bonchev–Trinajstić information content (AvgIpc) is 2.50. The summed E-state index contributed by atoms with van der Waals surface area (Å²) in [7, 11) is -3.75. The Labute approximate surface area is 151 Å². The minimum atomic E-state index is -4.51. The van der Waals surface area contributed by atoms with Crippen molar-refractivity contribution in [1.82, 2.24) is 15.4 Å². The molecule has 0 spiro atoms. The Morgan fingerprint density at radius 2 is 1.76 bits per heavy atom. The van der Waals surface area contributed by atoms with Crippen LogP contribution in [0.5, 0.6) is 0 Å². The number of amides is 1. The van der Waals surface area contributed by atoms with Gasteiger partial charge in [-0.25, -0.2) is 13.1 Å². The molecule has 0 aliphatic rings. The zero-order chi connectivity index (χ0) is 18.4. The normalized spacial score (nSPS) is 13.0. The van der Waals surface area contributed by atoms with E-state index in [0.717, 1.165) is 12.1 Å². The molecular formula is C14H21ClF3N3O3S. The number of carbonyl (C=O) groups is 1. The van der Waals surface area contributed by atoms with E-state index < -0.39 is 28.7 Å². The van der Waals surface area contributed by atoms with Crippen molar-refractivity contribution >= 4 is 28.3 Å². The number of halogens is 4. The topological polar surface area (TPSA) is 87.3 Å². The zero-order valence-corrected chi connectivity index (χ0v) is 15.3. The number of likely N-dealkylation sites (N-methyl/N-ethyl adjacent to an activating group) is 1. The predicted molar refractivity (Wildman–Crippen MR) is 90.4 cm³/mol. The number of hydrogen-bond acceptors (Lipinski definition) is 4. The van der Waals surface area contributed by atoms with Gasteiger partial charge in [-0.15, -0.1) is 12.4 Å². The van der Waals surface area contributed by atoms with Crippen LogP contribution in [0.4, 0.5) is 13.2 Å². The predicted octanol–water partition coefficient (Wildman–Crippen LogP) is 1.68. The lowest BCUT2D eigenvalue weighted by atomic mass is 10.2. The van der Waals surface area contributed by atoms with Gasteiger partial charge in [0.2, 0.25) is 10.0 Å². The van der Waals surface area contributed by atoms with E-state index in [9.17, 15) is 26.4 Å². The highest BCUT2D eigenvalue weighted by Gasteiger charge is 2.28. The first-order valence-electron chi connectivity index (χ1n) is 7.23. The molecule has 11 heteroatoms. The van der Waals surface area contributed by atoms with Crippen LogP contribution >= 0.6 is 12.4 Å². The monoisotopic (exact) mass is 403 g/mol. The molecule has 3 N–H and O–H groups in total. The first-order chi connectivity index (χ1) is 11.0. The maximum absolute atomic E-state index is 12.1. The molecule has 0 radical (unpaired) electrons. The van der Waals surface area contributed by atoms with Crippen molar-refractivity contribution in [2.24, 2.45) is 0 Å². The molecule has 0 saturated carbocycles. The van der Waals surface area contributed by atoms with E-state index >= 15 is 0 Å². The quantitative estimate of drug-likeness (QED) is 0.616. The van der Waals surface area contributed by atoms with Gasteiger partial charge in [-0.1, -0.05) is 6.92 Å². The van der Waals surface area contributed by atoms with Gasteiger partial charge < -0.3 is 10.6 Å². The standard InChI is InChI=1S/C14H20F3N3O3S.ClH/c1-3-18-10(2)8-20-24(22,23)12-6-4-11(5-7-12)13(21)19-9-14(15,16)17;/h4-7,10,18,20H,3,8-9H2,1-2H3,(H,19,21);1H/t10-;/m1./s1. The third kappa shape index (κ3) is 8.52. The Morgan fingerprint density at radius 3 is 2.24 bits per heavy atom. The molecule has 1 aromatic rings. The second kappa shape index (κ2) is 9.95. The lowest BCUT2D eigenvalue weighted by Gasteiger charge is -2.14. The summed E-state index contributed by atoms with van der Waals surface area (Å²) in [5.41, 5.74) is -0.0563. The third-order valence-electron chi connectivity index (χ3n) is 3.01. The average molecular weight is 404 g/mol. The van der Waals surface area contributed by atoms with E-state index in [0.29, 0.717) is 6.54 Å². The fraction of sp³-hybridized carbons (Fsp3) is 0.500. The SMILES string of the molecule is CCN[C@H](C)CNS(=O)(=O)c1ccc(C(=O)NCC(F)(F)F)cc1.Cl. The molecule has 0 aromatic heterocycles. The van der Waals surface area contributed by atoms with E-state index in [1.54, 1.807) is 5.32 Å². The molecule has 0 bridgehead atoms. The van der Waals surface area contributed by atoms with Gasteiger partial charge in [0, 0.05) is 18.2 Å². The molecular weight excluding hydrogens is 383 g/mol. The lowest BCUT2D eigenvalue weighted by Crippen LogP contribution is -2.38. The molecule has 0 unspecified atom stereocenters. The molecule has 0 aliphatic carbocycles. The molecule has 144 valence electrons. The van der Waals surface area contributed by atoms with Crippen molar-refractivity contribution in [1.29, 1.82) is 0 Å². The molecule has 0 fully saturated rings. The van der Waals surface area contributed by atoms with Crippen molar-refractivity contribution in [3.05, 3.63) is 29.8 Å². The second-order valence-corrected chi connectivity index (χ2v) is 6.90. The summed E-state index contributed by atoms with van der Waals surface area (Å²) in [4.78, 5) is 11.5. The molecule has 1 rings (SSSR count). The summed E-state index contributed by atoms with van der Waals surface area (Å²) >= 11 is 0. The molecule has 1 aromatic carbocycles. The molecule has 0 saturated heterocycles. The Morgan fingerprint density at radius 1 is 1.20 bits per heavy atom. The Kier molecular flexibility index (Phi) is 9.41. The highest BCUT2D eigenvalue weighted by atomic mass is 35.5. The molecule has 0 aliphatic heterocycles. The van der Waals surface area contributed by atoms with Crippen LogP contribution in [0.2, 0.25) is 0 Å². The van der Waals surface area contributed by atoms with Gasteiger partial charge in [0.1, 0.15) is 6.54 Å². The Bertz CT molecular complexity index is 652. The number of alkyl halides is 3. The minimum Gasteiger partial charge on any atom is -0.343 e. The van der Waals surface area contributed by atoms with Gasteiger partial charge in [-0.05, 0) is 37.7 Å². The maximum Gasteiger partial charge on any atom is 0.405 e.